The molecule has 1 aromatic carbocycles. The quantitative estimate of drug-likeness (QED) is 0.552. The van der Waals surface area contributed by atoms with Gasteiger partial charge in [-0.05, 0) is 5.92 Å². The van der Waals surface area contributed by atoms with Gasteiger partial charge in [-0.1, -0.05) is 44.2 Å². The van der Waals surface area contributed by atoms with Crippen LogP contribution in [0.15, 0.2) is 40.7 Å². The number of hydrogen-bond donors (Lipinski definition) is 2. The lowest BCUT2D eigenvalue weighted by Gasteiger charge is -2.37. The number of rotatable bonds is 7. The minimum atomic E-state index is 0.464. The molecule has 0 radical (unpaired) electrons. The van der Waals surface area contributed by atoms with Gasteiger partial charge in [0.15, 0.2) is 5.96 Å². The van der Waals surface area contributed by atoms with Crippen LogP contribution in [0.25, 0.3) is 10.6 Å². The van der Waals surface area contributed by atoms with Crippen LogP contribution in [0.5, 0.6) is 0 Å². The predicted octanol–water partition coefficient (Wildman–Crippen LogP) is 2.83. The molecule has 28 heavy (non-hydrogen) atoms. The van der Waals surface area contributed by atoms with Crippen LogP contribution in [0.2, 0.25) is 0 Å². The molecule has 2 N–H and O–H groups in total. The van der Waals surface area contributed by atoms with E-state index in [-0.39, 0.29) is 0 Å². The topological polar surface area (TPSA) is 61.8 Å². The Bertz CT molecular complexity index is 740. The van der Waals surface area contributed by atoms with Crippen molar-refractivity contribution in [2.45, 2.75) is 26.4 Å². The highest BCUT2D eigenvalue weighted by Gasteiger charge is 2.23. The van der Waals surface area contributed by atoms with E-state index in [4.69, 9.17) is 9.72 Å². The van der Waals surface area contributed by atoms with Gasteiger partial charge in [-0.3, -0.25) is 9.89 Å². The van der Waals surface area contributed by atoms with E-state index in [0.29, 0.717) is 18.5 Å². The highest BCUT2D eigenvalue weighted by atomic mass is 32.1. The van der Waals surface area contributed by atoms with Crippen LogP contribution in [0.3, 0.4) is 0 Å². The summed E-state index contributed by atoms with van der Waals surface area (Å²) in [4.78, 5) is 11.6. The molecule has 0 saturated carbocycles. The molecule has 0 spiro atoms. The Labute approximate surface area is 172 Å². The monoisotopic (exact) mass is 401 g/mol. The van der Waals surface area contributed by atoms with E-state index in [0.717, 1.165) is 55.1 Å². The number of morpholine rings is 1. The van der Waals surface area contributed by atoms with Crippen LogP contribution in [0.1, 0.15) is 19.5 Å². The van der Waals surface area contributed by atoms with E-state index in [1.165, 1.54) is 0 Å². The summed E-state index contributed by atoms with van der Waals surface area (Å²) in [5.74, 6) is 1.38. The van der Waals surface area contributed by atoms with Crippen molar-refractivity contribution in [3.05, 3.63) is 41.4 Å². The average Bonchev–Trinajstić information content (AvgIpc) is 3.21. The van der Waals surface area contributed by atoms with E-state index in [1.54, 1.807) is 11.3 Å². The second-order valence-corrected chi connectivity index (χ2v) is 8.13. The summed E-state index contributed by atoms with van der Waals surface area (Å²) in [6.45, 7) is 9.72. The molecule has 7 heteroatoms. The molecule has 1 atom stereocenters. The van der Waals surface area contributed by atoms with Crippen LogP contribution in [0.4, 0.5) is 0 Å². The van der Waals surface area contributed by atoms with E-state index in [9.17, 15) is 0 Å². The molecule has 1 fully saturated rings. The fourth-order valence-corrected chi connectivity index (χ4v) is 4.22. The molecule has 0 aliphatic carbocycles. The second kappa shape index (κ2) is 10.5. The lowest BCUT2D eigenvalue weighted by Crippen LogP contribution is -2.52. The predicted molar refractivity (Wildman–Crippen MR) is 117 cm³/mol. The third-order valence-corrected chi connectivity index (χ3v) is 5.94. The molecule has 0 amide bonds. The largest absolute Gasteiger partial charge is 0.379 e. The Hall–Kier alpha value is -1.96. The van der Waals surface area contributed by atoms with Crippen LogP contribution in [-0.2, 0) is 11.3 Å². The maximum absolute atomic E-state index is 5.49. The van der Waals surface area contributed by atoms with Crippen LogP contribution in [-0.4, -0.2) is 61.8 Å². The van der Waals surface area contributed by atoms with Crippen molar-refractivity contribution in [2.75, 3.05) is 39.9 Å². The lowest BCUT2D eigenvalue weighted by molar-refractivity contribution is 0.00752. The number of aliphatic imine (C=N–C) groups is 1. The molecule has 0 bridgehead atoms. The van der Waals surface area contributed by atoms with Crippen molar-refractivity contribution >= 4 is 17.3 Å². The third kappa shape index (κ3) is 5.77. The van der Waals surface area contributed by atoms with Crippen molar-refractivity contribution in [2.24, 2.45) is 10.9 Å². The molecule has 1 saturated heterocycles. The average molecular weight is 402 g/mol. The standard InChI is InChI=1S/C21H31N5OS/c1-16(2)19(26-9-11-27-12-10-26)14-24-21(22-3)23-13-18-15-28-20(25-18)17-7-5-4-6-8-17/h4-8,15-16,19H,9-14H2,1-3H3,(H2,22,23,24). The number of ether oxygens (including phenoxy) is 1. The van der Waals surface area contributed by atoms with E-state index in [2.05, 4.69) is 51.9 Å². The van der Waals surface area contributed by atoms with Gasteiger partial charge in [0.1, 0.15) is 5.01 Å². The van der Waals surface area contributed by atoms with Gasteiger partial charge < -0.3 is 15.4 Å². The Kier molecular flexibility index (Phi) is 7.82. The zero-order valence-corrected chi connectivity index (χ0v) is 17.8. The SMILES string of the molecule is CN=C(NCc1csc(-c2ccccc2)n1)NCC(C(C)C)N1CCOCC1. The molecule has 3 rings (SSSR count). The number of guanidine groups is 1. The number of aromatic nitrogens is 1. The molecule has 2 aromatic rings. The Morgan fingerprint density at radius 3 is 2.64 bits per heavy atom. The van der Waals surface area contributed by atoms with Gasteiger partial charge in [0.25, 0.3) is 0 Å². The zero-order valence-electron chi connectivity index (χ0n) is 17.0. The van der Waals surface area contributed by atoms with Crippen molar-refractivity contribution in [1.29, 1.82) is 0 Å². The summed E-state index contributed by atoms with van der Waals surface area (Å²) >= 11 is 1.67. The summed E-state index contributed by atoms with van der Waals surface area (Å²) in [5, 5.41) is 10.0. The van der Waals surface area contributed by atoms with Gasteiger partial charge >= 0.3 is 0 Å². The summed E-state index contributed by atoms with van der Waals surface area (Å²) in [5.41, 5.74) is 2.19. The Morgan fingerprint density at radius 2 is 1.96 bits per heavy atom. The maximum atomic E-state index is 5.49. The van der Waals surface area contributed by atoms with Crippen molar-refractivity contribution in [3.63, 3.8) is 0 Å². The molecule has 1 unspecified atom stereocenters. The van der Waals surface area contributed by atoms with Crippen molar-refractivity contribution in [1.82, 2.24) is 20.5 Å². The maximum Gasteiger partial charge on any atom is 0.191 e. The molecular weight excluding hydrogens is 370 g/mol. The molecule has 152 valence electrons. The molecule has 6 nitrogen and oxygen atoms in total. The summed E-state index contributed by atoms with van der Waals surface area (Å²) < 4.78 is 5.49. The number of nitrogens with one attached hydrogen (secondary N) is 2. The third-order valence-electron chi connectivity index (χ3n) is 5.00. The van der Waals surface area contributed by atoms with E-state index in [1.807, 2.05) is 25.2 Å². The van der Waals surface area contributed by atoms with Gasteiger partial charge in [0.05, 0.1) is 25.5 Å². The summed E-state index contributed by atoms with van der Waals surface area (Å²) in [6, 6.07) is 10.8. The Balaban J connectivity index is 1.51. The fourth-order valence-electron chi connectivity index (χ4n) is 3.39. The molecule has 2 heterocycles. The molecular formula is C21H31N5OS. The highest BCUT2D eigenvalue weighted by Crippen LogP contribution is 2.23. The first-order valence-electron chi connectivity index (χ1n) is 9.93. The highest BCUT2D eigenvalue weighted by molar-refractivity contribution is 7.13. The minimum absolute atomic E-state index is 0.464. The normalized spacial score (nSPS) is 16.9. The number of thiazole rings is 1. The van der Waals surface area contributed by atoms with Crippen molar-refractivity contribution in [3.8, 4) is 10.6 Å². The van der Waals surface area contributed by atoms with Gasteiger partial charge in [-0.25, -0.2) is 4.98 Å². The van der Waals surface area contributed by atoms with Gasteiger partial charge in [0, 0.05) is 43.7 Å². The van der Waals surface area contributed by atoms with Crippen molar-refractivity contribution < 1.29 is 4.74 Å². The van der Waals surface area contributed by atoms with Gasteiger partial charge in [-0.15, -0.1) is 11.3 Å². The summed E-state index contributed by atoms with van der Waals surface area (Å²) in [7, 11) is 1.81. The number of nitrogens with zero attached hydrogens (tertiary/aromatic N) is 3. The molecule has 1 aromatic heterocycles. The fraction of sp³-hybridized carbons (Fsp3) is 0.524. The smallest absolute Gasteiger partial charge is 0.191 e. The van der Waals surface area contributed by atoms with Gasteiger partial charge in [-0.2, -0.15) is 0 Å². The lowest BCUT2D eigenvalue weighted by atomic mass is 10.0. The first-order chi connectivity index (χ1) is 13.7. The van der Waals surface area contributed by atoms with E-state index >= 15 is 0 Å². The van der Waals surface area contributed by atoms with Gasteiger partial charge in [0.2, 0.25) is 0 Å². The van der Waals surface area contributed by atoms with Crippen LogP contribution in [0, 0.1) is 5.92 Å². The first kappa shape index (κ1) is 20.8. The minimum Gasteiger partial charge on any atom is -0.379 e. The zero-order chi connectivity index (χ0) is 19.8. The molecule has 1 aliphatic rings. The summed E-state index contributed by atoms with van der Waals surface area (Å²) in [6.07, 6.45) is 0. The molecule has 1 aliphatic heterocycles. The van der Waals surface area contributed by atoms with Crippen LogP contribution < -0.4 is 10.6 Å². The first-order valence-corrected chi connectivity index (χ1v) is 10.8. The number of hydrogen-bond acceptors (Lipinski definition) is 5. The second-order valence-electron chi connectivity index (χ2n) is 7.28. The van der Waals surface area contributed by atoms with E-state index < -0.39 is 0 Å². The Morgan fingerprint density at radius 1 is 1.21 bits per heavy atom. The van der Waals surface area contributed by atoms with Crippen LogP contribution >= 0.6 is 11.3 Å². The number of benzene rings is 1.